The number of imide groups is 1. The summed E-state index contributed by atoms with van der Waals surface area (Å²) in [7, 11) is 0. The SMILES string of the molecule is C#CC(CC)NC1CC(=O)N(C(CC)CC)C1=O. The van der Waals surface area contributed by atoms with Crippen molar-refractivity contribution in [3.8, 4) is 12.3 Å². The normalized spacial score (nSPS) is 21.5. The summed E-state index contributed by atoms with van der Waals surface area (Å²) in [6.07, 6.45) is 7.94. The van der Waals surface area contributed by atoms with E-state index in [4.69, 9.17) is 6.42 Å². The lowest BCUT2D eigenvalue weighted by molar-refractivity contribution is -0.141. The molecule has 1 heterocycles. The maximum absolute atomic E-state index is 12.2. The Bertz CT molecular complexity index is 355. The first-order valence-electron chi connectivity index (χ1n) is 6.66. The molecule has 2 unspecified atom stereocenters. The number of likely N-dealkylation sites (tertiary alicyclic amines) is 1. The second-order valence-corrected chi connectivity index (χ2v) is 4.62. The predicted octanol–water partition coefficient (Wildman–Crippen LogP) is 1.30. The van der Waals surface area contributed by atoms with Crippen LogP contribution in [0.2, 0.25) is 0 Å². The van der Waals surface area contributed by atoms with Crippen LogP contribution >= 0.6 is 0 Å². The molecule has 1 aliphatic rings. The van der Waals surface area contributed by atoms with Gasteiger partial charge in [-0.15, -0.1) is 6.42 Å². The minimum Gasteiger partial charge on any atom is -0.292 e. The molecule has 1 aliphatic heterocycles. The summed E-state index contributed by atoms with van der Waals surface area (Å²) in [5.74, 6) is 2.38. The fraction of sp³-hybridized carbons (Fsp3) is 0.714. The van der Waals surface area contributed by atoms with Gasteiger partial charge in [-0.1, -0.05) is 26.7 Å². The average Bonchev–Trinajstić information content (AvgIpc) is 2.65. The van der Waals surface area contributed by atoms with Crippen molar-refractivity contribution in [1.82, 2.24) is 10.2 Å². The molecule has 0 aromatic carbocycles. The van der Waals surface area contributed by atoms with Crippen LogP contribution in [0.15, 0.2) is 0 Å². The monoisotopic (exact) mass is 250 g/mol. The van der Waals surface area contributed by atoms with Gasteiger partial charge in [-0.25, -0.2) is 0 Å². The third kappa shape index (κ3) is 2.91. The summed E-state index contributed by atoms with van der Waals surface area (Å²) in [6.45, 7) is 5.94. The van der Waals surface area contributed by atoms with Gasteiger partial charge in [0, 0.05) is 6.04 Å². The van der Waals surface area contributed by atoms with Crippen LogP contribution in [0.4, 0.5) is 0 Å². The molecule has 0 aliphatic carbocycles. The van der Waals surface area contributed by atoms with Gasteiger partial charge in [0.05, 0.1) is 18.5 Å². The van der Waals surface area contributed by atoms with Gasteiger partial charge in [-0.2, -0.15) is 0 Å². The molecule has 1 N–H and O–H groups in total. The number of carbonyl (C=O) groups is 2. The van der Waals surface area contributed by atoms with E-state index in [1.165, 1.54) is 4.90 Å². The third-order valence-corrected chi connectivity index (χ3v) is 3.50. The maximum atomic E-state index is 12.2. The molecule has 0 aromatic heterocycles. The molecule has 0 radical (unpaired) electrons. The molecule has 0 bridgehead atoms. The largest absolute Gasteiger partial charge is 0.292 e. The van der Waals surface area contributed by atoms with E-state index in [0.717, 1.165) is 19.3 Å². The Labute approximate surface area is 109 Å². The van der Waals surface area contributed by atoms with E-state index in [1.54, 1.807) is 0 Å². The average molecular weight is 250 g/mol. The van der Waals surface area contributed by atoms with Crippen LogP contribution < -0.4 is 5.32 Å². The Kier molecular flexibility index (Phi) is 5.36. The molecule has 100 valence electrons. The highest BCUT2D eigenvalue weighted by Crippen LogP contribution is 2.20. The van der Waals surface area contributed by atoms with Crippen LogP contribution in [0.5, 0.6) is 0 Å². The van der Waals surface area contributed by atoms with E-state index in [2.05, 4.69) is 11.2 Å². The fourth-order valence-corrected chi connectivity index (χ4v) is 2.35. The first-order valence-corrected chi connectivity index (χ1v) is 6.66. The zero-order valence-electron chi connectivity index (χ0n) is 11.4. The summed E-state index contributed by atoms with van der Waals surface area (Å²) in [5.41, 5.74) is 0. The zero-order valence-corrected chi connectivity index (χ0v) is 11.4. The van der Waals surface area contributed by atoms with E-state index in [1.807, 2.05) is 20.8 Å². The summed E-state index contributed by atoms with van der Waals surface area (Å²) in [4.78, 5) is 25.6. The lowest BCUT2D eigenvalue weighted by Crippen LogP contribution is -2.46. The molecular formula is C14H22N2O2. The van der Waals surface area contributed by atoms with Crippen molar-refractivity contribution in [2.75, 3.05) is 0 Å². The number of rotatable bonds is 6. The Balaban J connectivity index is 2.75. The van der Waals surface area contributed by atoms with E-state index in [0.29, 0.717) is 0 Å². The zero-order chi connectivity index (χ0) is 13.7. The second-order valence-electron chi connectivity index (χ2n) is 4.62. The highest BCUT2D eigenvalue weighted by Gasteiger charge is 2.41. The lowest BCUT2D eigenvalue weighted by Gasteiger charge is -2.24. The molecule has 1 fully saturated rings. The highest BCUT2D eigenvalue weighted by molar-refractivity contribution is 6.05. The smallest absolute Gasteiger partial charge is 0.247 e. The Morgan fingerprint density at radius 1 is 1.33 bits per heavy atom. The van der Waals surface area contributed by atoms with Gasteiger partial charge in [0.1, 0.15) is 0 Å². The van der Waals surface area contributed by atoms with Crippen molar-refractivity contribution in [3.63, 3.8) is 0 Å². The second kappa shape index (κ2) is 6.55. The van der Waals surface area contributed by atoms with Crippen molar-refractivity contribution in [2.45, 2.75) is 64.6 Å². The highest BCUT2D eigenvalue weighted by atomic mass is 16.2. The van der Waals surface area contributed by atoms with Crippen LogP contribution in [-0.4, -0.2) is 34.8 Å². The fourth-order valence-electron chi connectivity index (χ4n) is 2.35. The maximum Gasteiger partial charge on any atom is 0.247 e. The third-order valence-electron chi connectivity index (χ3n) is 3.50. The van der Waals surface area contributed by atoms with Gasteiger partial charge in [0.15, 0.2) is 0 Å². The van der Waals surface area contributed by atoms with E-state index in [9.17, 15) is 9.59 Å². The summed E-state index contributed by atoms with van der Waals surface area (Å²) in [5, 5.41) is 3.08. The van der Waals surface area contributed by atoms with Gasteiger partial charge >= 0.3 is 0 Å². The molecule has 0 saturated carbocycles. The van der Waals surface area contributed by atoms with Gasteiger partial charge in [0.2, 0.25) is 11.8 Å². The molecule has 2 amide bonds. The predicted molar refractivity (Wildman–Crippen MR) is 70.7 cm³/mol. The number of terminal acetylenes is 1. The number of carbonyl (C=O) groups excluding carboxylic acids is 2. The molecule has 0 spiro atoms. The number of nitrogens with one attached hydrogen (secondary N) is 1. The van der Waals surface area contributed by atoms with Gasteiger partial charge in [-0.05, 0) is 19.3 Å². The van der Waals surface area contributed by atoms with Crippen molar-refractivity contribution >= 4 is 11.8 Å². The van der Waals surface area contributed by atoms with Crippen molar-refractivity contribution in [2.24, 2.45) is 0 Å². The molecule has 0 aromatic rings. The summed E-state index contributed by atoms with van der Waals surface area (Å²) in [6, 6.07) is -0.574. The molecular weight excluding hydrogens is 228 g/mol. The minimum absolute atomic E-state index is 0.0164. The Morgan fingerprint density at radius 2 is 1.94 bits per heavy atom. The van der Waals surface area contributed by atoms with E-state index in [-0.39, 0.29) is 30.3 Å². The molecule has 2 atom stereocenters. The number of nitrogens with zero attached hydrogens (tertiary/aromatic N) is 1. The summed E-state index contributed by atoms with van der Waals surface area (Å²) < 4.78 is 0. The molecule has 1 saturated heterocycles. The van der Waals surface area contributed by atoms with Gasteiger partial charge < -0.3 is 0 Å². The molecule has 1 rings (SSSR count). The van der Waals surface area contributed by atoms with Crippen LogP contribution in [0.25, 0.3) is 0 Å². The van der Waals surface area contributed by atoms with Crippen molar-refractivity contribution in [3.05, 3.63) is 0 Å². The molecule has 4 nitrogen and oxygen atoms in total. The Morgan fingerprint density at radius 3 is 2.39 bits per heavy atom. The molecule has 18 heavy (non-hydrogen) atoms. The number of amides is 2. The van der Waals surface area contributed by atoms with Crippen molar-refractivity contribution < 1.29 is 9.59 Å². The van der Waals surface area contributed by atoms with Gasteiger partial charge in [0.25, 0.3) is 0 Å². The quantitative estimate of drug-likeness (QED) is 0.571. The Hall–Kier alpha value is -1.34. The van der Waals surface area contributed by atoms with E-state index >= 15 is 0 Å². The topological polar surface area (TPSA) is 49.4 Å². The van der Waals surface area contributed by atoms with Crippen molar-refractivity contribution in [1.29, 1.82) is 0 Å². The first-order chi connectivity index (χ1) is 8.58. The van der Waals surface area contributed by atoms with Gasteiger partial charge in [-0.3, -0.25) is 19.8 Å². The van der Waals surface area contributed by atoms with Crippen LogP contribution in [-0.2, 0) is 9.59 Å². The van der Waals surface area contributed by atoms with Crippen LogP contribution in [0.1, 0.15) is 46.5 Å². The standard InChI is InChI=1S/C14H22N2O2/c1-5-10(6-2)15-12-9-13(17)16(14(12)18)11(7-3)8-4/h1,10-12,15H,6-9H2,2-4H3. The van der Waals surface area contributed by atoms with Crippen LogP contribution in [0.3, 0.4) is 0 Å². The first kappa shape index (κ1) is 14.7. The van der Waals surface area contributed by atoms with Crippen LogP contribution in [0, 0.1) is 12.3 Å². The summed E-state index contributed by atoms with van der Waals surface area (Å²) >= 11 is 0. The molecule has 4 heteroatoms. The number of hydrogen-bond acceptors (Lipinski definition) is 3. The lowest BCUT2D eigenvalue weighted by atomic mass is 10.1. The minimum atomic E-state index is -0.445. The van der Waals surface area contributed by atoms with E-state index < -0.39 is 6.04 Å². The number of hydrogen-bond donors (Lipinski definition) is 1.